The molecule has 0 aliphatic carbocycles. The van der Waals surface area contributed by atoms with Crippen molar-refractivity contribution >= 4 is 15.8 Å². The number of sulfone groups is 1. The van der Waals surface area contributed by atoms with Gasteiger partial charge in [0.1, 0.15) is 15.7 Å². The second-order valence-corrected chi connectivity index (χ2v) is 7.87. The lowest BCUT2D eigenvalue weighted by Crippen LogP contribution is -2.27. The van der Waals surface area contributed by atoms with Gasteiger partial charge in [-0.1, -0.05) is 0 Å². The van der Waals surface area contributed by atoms with Crippen molar-refractivity contribution < 1.29 is 18.3 Å². The number of aryl methyl sites for hydroxylation is 1. The molecular formula is C12H17N3O4S. The van der Waals surface area contributed by atoms with Crippen molar-refractivity contribution in [3.05, 3.63) is 11.6 Å². The Morgan fingerprint density at radius 3 is 2.60 bits per heavy atom. The number of aromatic nitrogens is 3. The topological polar surface area (TPSA) is 102 Å². The van der Waals surface area contributed by atoms with Crippen LogP contribution < -0.4 is 0 Å². The summed E-state index contributed by atoms with van der Waals surface area (Å²) >= 11 is 0. The fourth-order valence-corrected chi connectivity index (χ4v) is 4.34. The Kier molecular flexibility index (Phi) is 3.27. The highest BCUT2D eigenvalue weighted by molar-refractivity contribution is 7.91. The summed E-state index contributed by atoms with van der Waals surface area (Å²) in [6.45, 7) is 0.364. The van der Waals surface area contributed by atoms with Crippen molar-refractivity contribution in [1.29, 1.82) is 0 Å². The zero-order chi connectivity index (χ0) is 14.3. The first-order valence-electron chi connectivity index (χ1n) is 6.81. The molecule has 1 fully saturated rings. The van der Waals surface area contributed by atoms with Crippen LogP contribution in [0.5, 0.6) is 0 Å². The number of aliphatic carboxylic acids is 1. The molecule has 1 unspecified atom stereocenters. The Morgan fingerprint density at radius 2 is 1.95 bits per heavy atom. The van der Waals surface area contributed by atoms with Crippen LogP contribution in [-0.2, 0) is 27.6 Å². The maximum Gasteiger partial charge on any atom is 0.308 e. The SMILES string of the molecule is O=C(O)C1CCc2nc(C3CCS(=O)(=O)CC3)nn2C1. The van der Waals surface area contributed by atoms with Crippen molar-refractivity contribution in [3.63, 3.8) is 0 Å². The Labute approximate surface area is 116 Å². The molecule has 2 aliphatic rings. The molecule has 8 heteroatoms. The summed E-state index contributed by atoms with van der Waals surface area (Å²) in [6, 6.07) is 0. The zero-order valence-corrected chi connectivity index (χ0v) is 11.8. The van der Waals surface area contributed by atoms with Gasteiger partial charge in [0.05, 0.1) is 24.0 Å². The van der Waals surface area contributed by atoms with Gasteiger partial charge in [0.2, 0.25) is 0 Å². The second kappa shape index (κ2) is 4.83. The van der Waals surface area contributed by atoms with Gasteiger partial charge < -0.3 is 5.11 Å². The smallest absolute Gasteiger partial charge is 0.308 e. The predicted octanol–water partition coefficient (Wildman–Crippen LogP) is 0.217. The van der Waals surface area contributed by atoms with E-state index < -0.39 is 21.7 Å². The van der Waals surface area contributed by atoms with Crippen molar-refractivity contribution in [2.75, 3.05) is 11.5 Å². The third kappa shape index (κ3) is 2.56. The number of nitrogens with zero attached hydrogens (tertiary/aromatic N) is 3. The van der Waals surface area contributed by atoms with Crippen LogP contribution >= 0.6 is 0 Å². The van der Waals surface area contributed by atoms with Gasteiger partial charge in [-0.05, 0) is 19.3 Å². The van der Waals surface area contributed by atoms with Gasteiger partial charge >= 0.3 is 5.97 Å². The first-order valence-corrected chi connectivity index (χ1v) is 8.63. The van der Waals surface area contributed by atoms with Crippen LogP contribution in [0.1, 0.15) is 36.8 Å². The summed E-state index contributed by atoms with van der Waals surface area (Å²) in [5, 5.41) is 13.5. The lowest BCUT2D eigenvalue weighted by Gasteiger charge is -2.19. The molecule has 2 aliphatic heterocycles. The van der Waals surface area contributed by atoms with Gasteiger partial charge in [0.15, 0.2) is 5.82 Å². The van der Waals surface area contributed by atoms with Gasteiger partial charge in [-0.3, -0.25) is 4.79 Å². The molecule has 1 saturated heterocycles. The van der Waals surface area contributed by atoms with E-state index in [4.69, 9.17) is 5.11 Å². The van der Waals surface area contributed by atoms with Crippen LogP contribution in [0.25, 0.3) is 0 Å². The molecule has 110 valence electrons. The molecule has 3 rings (SSSR count). The lowest BCUT2D eigenvalue weighted by atomic mass is 10.0. The minimum Gasteiger partial charge on any atom is -0.481 e. The maximum atomic E-state index is 11.4. The molecule has 0 saturated carbocycles. The van der Waals surface area contributed by atoms with Crippen LogP contribution in [0, 0.1) is 5.92 Å². The number of carboxylic acid groups (broad SMARTS) is 1. The summed E-state index contributed by atoms with van der Waals surface area (Å²) in [6.07, 6.45) is 2.34. The standard InChI is InChI=1S/C12H17N3O4S/c16-12(17)9-1-2-10-13-11(14-15(10)7-9)8-3-5-20(18,19)6-4-8/h8-9H,1-7H2,(H,16,17). The fourth-order valence-electron chi connectivity index (χ4n) is 2.85. The van der Waals surface area contributed by atoms with E-state index in [9.17, 15) is 13.2 Å². The summed E-state index contributed by atoms with van der Waals surface area (Å²) in [7, 11) is -2.89. The van der Waals surface area contributed by atoms with Crippen molar-refractivity contribution in [2.45, 2.75) is 38.1 Å². The Hall–Kier alpha value is -1.44. The van der Waals surface area contributed by atoms with E-state index in [1.165, 1.54) is 0 Å². The van der Waals surface area contributed by atoms with Crippen LogP contribution in [-0.4, -0.2) is 45.8 Å². The van der Waals surface area contributed by atoms with E-state index in [-0.39, 0.29) is 17.4 Å². The average molecular weight is 299 g/mol. The molecule has 1 aromatic rings. The van der Waals surface area contributed by atoms with Gasteiger partial charge in [-0.2, -0.15) is 5.10 Å². The first-order chi connectivity index (χ1) is 9.44. The van der Waals surface area contributed by atoms with E-state index >= 15 is 0 Å². The molecule has 1 aromatic heterocycles. The van der Waals surface area contributed by atoms with Crippen molar-refractivity contribution in [2.24, 2.45) is 5.92 Å². The Morgan fingerprint density at radius 1 is 1.25 bits per heavy atom. The van der Waals surface area contributed by atoms with E-state index in [1.807, 2.05) is 0 Å². The van der Waals surface area contributed by atoms with E-state index in [1.54, 1.807) is 4.68 Å². The summed E-state index contributed by atoms with van der Waals surface area (Å²) in [4.78, 5) is 15.5. The molecule has 1 atom stereocenters. The molecular weight excluding hydrogens is 282 g/mol. The maximum absolute atomic E-state index is 11.4. The molecule has 0 spiro atoms. The molecule has 1 N–H and O–H groups in total. The molecule has 0 bridgehead atoms. The minimum atomic E-state index is -2.89. The highest BCUT2D eigenvalue weighted by atomic mass is 32.2. The Bertz CT molecular complexity index is 623. The molecule has 20 heavy (non-hydrogen) atoms. The normalized spacial score (nSPS) is 26.1. The van der Waals surface area contributed by atoms with E-state index in [0.29, 0.717) is 38.1 Å². The summed E-state index contributed by atoms with van der Waals surface area (Å²) < 4.78 is 24.5. The van der Waals surface area contributed by atoms with E-state index in [0.717, 1.165) is 5.82 Å². The number of rotatable bonds is 2. The van der Waals surface area contributed by atoms with Gasteiger partial charge in [-0.25, -0.2) is 18.1 Å². The largest absolute Gasteiger partial charge is 0.481 e. The molecule has 0 aromatic carbocycles. The van der Waals surface area contributed by atoms with Crippen LogP contribution in [0.4, 0.5) is 0 Å². The van der Waals surface area contributed by atoms with Crippen molar-refractivity contribution in [3.8, 4) is 0 Å². The second-order valence-electron chi connectivity index (χ2n) is 5.57. The Balaban J connectivity index is 1.76. The highest BCUT2D eigenvalue weighted by Gasteiger charge is 2.31. The van der Waals surface area contributed by atoms with Crippen molar-refractivity contribution in [1.82, 2.24) is 14.8 Å². The number of hydrogen-bond acceptors (Lipinski definition) is 5. The summed E-state index contributed by atoms with van der Waals surface area (Å²) in [5.74, 6) is 0.783. The molecule has 3 heterocycles. The average Bonchev–Trinajstić information content (AvgIpc) is 2.81. The number of hydrogen-bond donors (Lipinski definition) is 1. The summed E-state index contributed by atoms with van der Waals surface area (Å²) in [5.41, 5.74) is 0. The van der Waals surface area contributed by atoms with Gasteiger partial charge in [-0.15, -0.1) is 0 Å². The third-order valence-electron chi connectivity index (χ3n) is 4.14. The zero-order valence-electron chi connectivity index (χ0n) is 11.0. The molecule has 7 nitrogen and oxygen atoms in total. The highest BCUT2D eigenvalue weighted by Crippen LogP contribution is 2.28. The number of carbonyl (C=O) groups is 1. The fraction of sp³-hybridized carbons (Fsp3) is 0.750. The quantitative estimate of drug-likeness (QED) is 0.838. The number of carboxylic acids is 1. The minimum absolute atomic E-state index is 0.0832. The first kappa shape index (κ1) is 13.5. The molecule has 0 amide bonds. The third-order valence-corrected chi connectivity index (χ3v) is 5.86. The van der Waals surface area contributed by atoms with Crippen LogP contribution in [0.15, 0.2) is 0 Å². The lowest BCUT2D eigenvalue weighted by molar-refractivity contribution is -0.142. The number of fused-ring (bicyclic) bond motifs is 1. The van der Waals surface area contributed by atoms with Crippen LogP contribution in [0.2, 0.25) is 0 Å². The monoisotopic (exact) mass is 299 g/mol. The molecule has 0 radical (unpaired) electrons. The van der Waals surface area contributed by atoms with Gasteiger partial charge in [0, 0.05) is 12.3 Å². The van der Waals surface area contributed by atoms with E-state index in [2.05, 4.69) is 10.1 Å². The van der Waals surface area contributed by atoms with Gasteiger partial charge in [0.25, 0.3) is 0 Å². The predicted molar refractivity (Wildman–Crippen MR) is 70.1 cm³/mol. The van der Waals surface area contributed by atoms with Crippen LogP contribution in [0.3, 0.4) is 0 Å².